The second-order valence-corrected chi connectivity index (χ2v) is 6.11. The highest BCUT2D eigenvalue weighted by Gasteiger charge is 2.22. The molecule has 134 valence electrons. The number of fused-ring (bicyclic) bond motifs is 1. The Kier molecular flexibility index (Phi) is 5.06. The van der Waals surface area contributed by atoms with Crippen molar-refractivity contribution in [3.05, 3.63) is 24.0 Å². The van der Waals surface area contributed by atoms with Crippen molar-refractivity contribution in [3.8, 4) is 5.75 Å². The summed E-state index contributed by atoms with van der Waals surface area (Å²) in [6, 6.07) is 4.81. The molecular weight excluding hydrogens is 322 g/mol. The Morgan fingerprint density at radius 3 is 3.08 bits per heavy atom. The molecule has 0 aliphatic carbocycles. The molecule has 1 saturated heterocycles. The fraction of sp³-hybridized carbons (Fsp3) is 0.471. The minimum Gasteiger partial charge on any atom is -0.497 e. The Labute approximate surface area is 145 Å². The van der Waals surface area contributed by atoms with Crippen LogP contribution in [0.5, 0.6) is 5.75 Å². The summed E-state index contributed by atoms with van der Waals surface area (Å²) in [5, 5.41) is 8.31. The molecule has 0 saturated carbocycles. The van der Waals surface area contributed by atoms with Crippen molar-refractivity contribution in [2.75, 3.05) is 13.7 Å². The SMILES string of the molecule is COc1ccc2c(c1)nc(CNC(=O)N[C@@H]1CCCCNC1=O)n2C. The van der Waals surface area contributed by atoms with Crippen LogP contribution in [-0.2, 0) is 18.4 Å². The highest BCUT2D eigenvalue weighted by atomic mass is 16.5. The second kappa shape index (κ2) is 7.42. The van der Waals surface area contributed by atoms with Crippen LogP contribution in [0.25, 0.3) is 11.0 Å². The second-order valence-electron chi connectivity index (χ2n) is 6.11. The molecule has 8 nitrogen and oxygen atoms in total. The number of aryl methyl sites for hydroxylation is 1. The molecule has 3 N–H and O–H groups in total. The van der Waals surface area contributed by atoms with Crippen molar-refractivity contribution in [1.29, 1.82) is 0 Å². The van der Waals surface area contributed by atoms with Crippen LogP contribution in [-0.4, -0.2) is 41.2 Å². The van der Waals surface area contributed by atoms with Gasteiger partial charge in [0.05, 0.1) is 24.7 Å². The van der Waals surface area contributed by atoms with Crippen LogP contribution in [0.2, 0.25) is 0 Å². The van der Waals surface area contributed by atoms with Gasteiger partial charge in [-0.2, -0.15) is 0 Å². The molecule has 8 heteroatoms. The van der Waals surface area contributed by atoms with Gasteiger partial charge in [-0.3, -0.25) is 4.79 Å². The molecule has 1 aliphatic rings. The predicted molar refractivity (Wildman–Crippen MR) is 93.3 cm³/mol. The fourth-order valence-electron chi connectivity index (χ4n) is 2.96. The van der Waals surface area contributed by atoms with E-state index in [2.05, 4.69) is 20.9 Å². The lowest BCUT2D eigenvalue weighted by Gasteiger charge is -2.15. The smallest absolute Gasteiger partial charge is 0.315 e. The molecule has 1 atom stereocenters. The molecule has 25 heavy (non-hydrogen) atoms. The molecule has 3 amide bonds. The van der Waals surface area contributed by atoms with E-state index in [-0.39, 0.29) is 18.5 Å². The van der Waals surface area contributed by atoms with Crippen LogP contribution in [0.4, 0.5) is 4.79 Å². The first-order valence-electron chi connectivity index (χ1n) is 8.40. The Hall–Kier alpha value is -2.77. The van der Waals surface area contributed by atoms with E-state index in [0.717, 1.165) is 35.4 Å². The largest absolute Gasteiger partial charge is 0.497 e. The first kappa shape index (κ1) is 17.1. The molecule has 1 aliphatic heterocycles. The van der Waals surface area contributed by atoms with Crippen molar-refractivity contribution >= 4 is 23.0 Å². The number of carbonyl (C=O) groups excluding carboxylic acids is 2. The Bertz CT molecular complexity index is 786. The Balaban J connectivity index is 1.62. The highest BCUT2D eigenvalue weighted by molar-refractivity contribution is 5.87. The molecule has 1 fully saturated rings. The molecule has 0 radical (unpaired) electrons. The van der Waals surface area contributed by atoms with Gasteiger partial charge in [0.25, 0.3) is 0 Å². The third-order valence-corrected chi connectivity index (χ3v) is 4.43. The molecule has 2 aromatic rings. The lowest BCUT2D eigenvalue weighted by Crippen LogP contribution is -2.49. The Morgan fingerprint density at radius 2 is 2.28 bits per heavy atom. The minimum absolute atomic E-state index is 0.123. The molecule has 1 aromatic heterocycles. The van der Waals surface area contributed by atoms with Crippen LogP contribution < -0.4 is 20.7 Å². The maximum absolute atomic E-state index is 12.1. The van der Waals surface area contributed by atoms with Gasteiger partial charge < -0.3 is 25.3 Å². The molecule has 0 spiro atoms. The summed E-state index contributed by atoms with van der Waals surface area (Å²) in [6.07, 6.45) is 2.51. The van der Waals surface area contributed by atoms with Crippen LogP contribution in [0, 0.1) is 0 Å². The first-order chi connectivity index (χ1) is 12.1. The average molecular weight is 345 g/mol. The number of ether oxygens (including phenoxy) is 1. The van der Waals surface area contributed by atoms with E-state index >= 15 is 0 Å². The number of hydrogen-bond acceptors (Lipinski definition) is 4. The van der Waals surface area contributed by atoms with E-state index < -0.39 is 6.04 Å². The summed E-state index contributed by atoms with van der Waals surface area (Å²) in [5.41, 5.74) is 1.77. The number of methoxy groups -OCH3 is 1. The van der Waals surface area contributed by atoms with Crippen LogP contribution >= 0.6 is 0 Å². The maximum Gasteiger partial charge on any atom is 0.315 e. The fourth-order valence-corrected chi connectivity index (χ4v) is 2.96. The van der Waals surface area contributed by atoms with Gasteiger partial charge in [0.15, 0.2) is 0 Å². The van der Waals surface area contributed by atoms with Crippen molar-refractivity contribution < 1.29 is 14.3 Å². The van der Waals surface area contributed by atoms with Gasteiger partial charge in [-0.1, -0.05) is 0 Å². The van der Waals surface area contributed by atoms with E-state index in [0.29, 0.717) is 13.0 Å². The molecule has 0 unspecified atom stereocenters. The molecule has 2 heterocycles. The van der Waals surface area contributed by atoms with Gasteiger partial charge in [0.2, 0.25) is 5.91 Å². The van der Waals surface area contributed by atoms with Crippen molar-refractivity contribution in [3.63, 3.8) is 0 Å². The predicted octanol–water partition coefficient (Wildman–Crippen LogP) is 1.05. The standard InChI is InChI=1S/C17H23N5O3/c1-22-14-7-6-11(25-2)9-13(14)20-15(22)10-19-17(24)21-12-5-3-4-8-18-16(12)23/h6-7,9,12H,3-5,8,10H2,1-2H3,(H,18,23)(H2,19,21,24)/t12-/m1/s1. The number of benzene rings is 1. The van der Waals surface area contributed by atoms with Gasteiger partial charge in [-0.05, 0) is 31.4 Å². The lowest BCUT2D eigenvalue weighted by molar-refractivity contribution is -0.122. The van der Waals surface area contributed by atoms with Crippen LogP contribution in [0.15, 0.2) is 18.2 Å². The average Bonchev–Trinajstić information content (AvgIpc) is 2.78. The zero-order chi connectivity index (χ0) is 17.8. The number of amides is 3. The van der Waals surface area contributed by atoms with E-state index in [4.69, 9.17) is 4.74 Å². The number of imidazole rings is 1. The monoisotopic (exact) mass is 345 g/mol. The zero-order valence-corrected chi connectivity index (χ0v) is 14.5. The molecule has 3 rings (SSSR count). The summed E-state index contributed by atoms with van der Waals surface area (Å²) in [7, 11) is 3.51. The van der Waals surface area contributed by atoms with Gasteiger partial charge in [0, 0.05) is 19.7 Å². The molecule has 1 aromatic carbocycles. The van der Waals surface area contributed by atoms with E-state index in [1.807, 2.05) is 29.8 Å². The van der Waals surface area contributed by atoms with Gasteiger partial charge in [0.1, 0.15) is 17.6 Å². The number of hydrogen-bond donors (Lipinski definition) is 3. The summed E-state index contributed by atoms with van der Waals surface area (Å²) < 4.78 is 7.13. The summed E-state index contributed by atoms with van der Waals surface area (Å²) in [4.78, 5) is 28.5. The van der Waals surface area contributed by atoms with Crippen molar-refractivity contribution in [1.82, 2.24) is 25.5 Å². The number of nitrogens with zero attached hydrogens (tertiary/aromatic N) is 2. The first-order valence-corrected chi connectivity index (χ1v) is 8.40. The molecule has 0 bridgehead atoms. The van der Waals surface area contributed by atoms with Crippen molar-refractivity contribution in [2.24, 2.45) is 7.05 Å². The summed E-state index contributed by atoms with van der Waals surface area (Å²) in [6.45, 7) is 0.940. The van der Waals surface area contributed by atoms with Gasteiger partial charge in [-0.15, -0.1) is 0 Å². The zero-order valence-electron chi connectivity index (χ0n) is 14.5. The van der Waals surface area contributed by atoms with Gasteiger partial charge >= 0.3 is 6.03 Å². The number of aromatic nitrogens is 2. The van der Waals surface area contributed by atoms with E-state index in [1.165, 1.54) is 0 Å². The molecular formula is C17H23N5O3. The van der Waals surface area contributed by atoms with Crippen LogP contribution in [0.1, 0.15) is 25.1 Å². The van der Waals surface area contributed by atoms with E-state index in [1.54, 1.807) is 7.11 Å². The van der Waals surface area contributed by atoms with Gasteiger partial charge in [-0.25, -0.2) is 9.78 Å². The third-order valence-electron chi connectivity index (χ3n) is 4.43. The summed E-state index contributed by atoms with van der Waals surface area (Å²) in [5.74, 6) is 1.34. The third kappa shape index (κ3) is 3.84. The quantitative estimate of drug-likeness (QED) is 0.771. The topological polar surface area (TPSA) is 97.3 Å². The van der Waals surface area contributed by atoms with Crippen molar-refractivity contribution in [2.45, 2.75) is 31.8 Å². The number of urea groups is 1. The summed E-state index contributed by atoms with van der Waals surface area (Å²) >= 11 is 0. The number of rotatable bonds is 4. The Morgan fingerprint density at radius 1 is 1.44 bits per heavy atom. The number of carbonyl (C=O) groups is 2. The normalized spacial score (nSPS) is 17.7. The lowest BCUT2D eigenvalue weighted by atomic mass is 10.1. The highest BCUT2D eigenvalue weighted by Crippen LogP contribution is 2.20. The minimum atomic E-state index is -0.479. The van der Waals surface area contributed by atoms with E-state index in [9.17, 15) is 9.59 Å². The van der Waals surface area contributed by atoms with Crippen LogP contribution in [0.3, 0.4) is 0 Å². The number of nitrogens with one attached hydrogen (secondary N) is 3. The maximum atomic E-state index is 12.1.